The van der Waals surface area contributed by atoms with Crippen molar-refractivity contribution in [2.75, 3.05) is 0 Å². The molecule has 0 spiro atoms. The highest BCUT2D eigenvalue weighted by atomic mass is 79.9. The van der Waals surface area contributed by atoms with Crippen LogP contribution < -0.4 is 0 Å². The van der Waals surface area contributed by atoms with Crippen LogP contribution in [-0.4, -0.2) is 6.29 Å². The van der Waals surface area contributed by atoms with Crippen molar-refractivity contribution < 1.29 is 9.18 Å². The Morgan fingerprint density at radius 3 is 2.64 bits per heavy atom. The third-order valence-electron chi connectivity index (χ3n) is 2.07. The second kappa shape index (κ2) is 3.50. The predicted molar refractivity (Wildman–Crippen MR) is 57.0 cm³/mol. The van der Waals surface area contributed by atoms with Gasteiger partial charge in [0, 0.05) is 10.0 Å². The molecule has 0 heterocycles. The van der Waals surface area contributed by atoms with E-state index >= 15 is 0 Å². The molecule has 0 N–H and O–H groups in total. The van der Waals surface area contributed by atoms with Crippen LogP contribution in [0, 0.1) is 5.82 Å². The Morgan fingerprint density at radius 2 is 1.93 bits per heavy atom. The van der Waals surface area contributed by atoms with Crippen molar-refractivity contribution in [2.24, 2.45) is 0 Å². The highest BCUT2D eigenvalue weighted by molar-refractivity contribution is 9.10. The number of carbonyl (C=O) groups excluding carboxylic acids is 1. The van der Waals surface area contributed by atoms with E-state index in [0.717, 1.165) is 17.1 Å². The molecule has 0 aliphatic heterocycles. The Kier molecular flexibility index (Phi) is 2.33. The molecule has 14 heavy (non-hydrogen) atoms. The van der Waals surface area contributed by atoms with Crippen molar-refractivity contribution >= 4 is 33.0 Å². The number of benzene rings is 2. The molecule has 3 heteroatoms. The van der Waals surface area contributed by atoms with E-state index in [1.807, 2.05) is 0 Å². The Labute approximate surface area is 88.7 Å². The van der Waals surface area contributed by atoms with E-state index in [0.29, 0.717) is 10.0 Å². The molecule has 2 aromatic rings. The maximum absolute atomic E-state index is 12.9. The fourth-order valence-electron chi connectivity index (χ4n) is 1.36. The van der Waals surface area contributed by atoms with Crippen molar-refractivity contribution in [2.45, 2.75) is 0 Å². The van der Waals surface area contributed by atoms with Gasteiger partial charge in [-0.05, 0) is 44.9 Å². The summed E-state index contributed by atoms with van der Waals surface area (Å²) in [4.78, 5) is 10.6. The zero-order chi connectivity index (χ0) is 10.1. The number of aldehydes is 1. The van der Waals surface area contributed by atoms with Crippen LogP contribution in [0.4, 0.5) is 4.39 Å². The van der Waals surface area contributed by atoms with Gasteiger partial charge in [-0.25, -0.2) is 4.39 Å². The van der Waals surface area contributed by atoms with Crippen molar-refractivity contribution in [1.82, 2.24) is 0 Å². The van der Waals surface area contributed by atoms with E-state index in [9.17, 15) is 9.18 Å². The van der Waals surface area contributed by atoms with Crippen molar-refractivity contribution in [3.8, 4) is 0 Å². The molecule has 0 bridgehead atoms. The summed E-state index contributed by atoms with van der Waals surface area (Å²) < 4.78 is 13.6. The van der Waals surface area contributed by atoms with E-state index in [1.165, 1.54) is 12.1 Å². The van der Waals surface area contributed by atoms with Crippen LogP contribution in [0.15, 0.2) is 34.8 Å². The highest BCUT2D eigenvalue weighted by Gasteiger charge is 2.04. The van der Waals surface area contributed by atoms with Crippen LogP contribution in [0.1, 0.15) is 10.4 Å². The van der Waals surface area contributed by atoms with Gasteiger partial charge in [0.05, 0.1) is 0 Å². The minimum Gasteiger partial charge on any atom is -0.298 e. The first kappa shape index (κ1) is 9.34. The molecular weight excluding hydrogens is 247 g/mol. The van der Waals surface area contributed by atoms with Crippen molar-refractivity contribution in [3.05, 3.63) is 46.2 Å². The molecule has 0 saturated heterocycles. The molecule has 1 nitrogen and oxygen atoms in total. The van der Waals surface area contributed by atoms with Gasteiger partial charge < -0.3 is 0 Å². The second-order valence-corrected chi connectivity index (χ2v) is 3.75. The number of halogens is 2. The van der Waals surface area contributed by atoms with E-state index in [4.69, 9.17) is 0 Å². The quantitative estimate of drug-likeness (QED) is 0.710. The van der Waals surface area contributed by atoms with Gasteiger partial charge in [-0.1, -0.05) is 12.1 Å². The first-order valence-corrected chi connectivity index (χ1v) is 4.84. The lowest BCUT2D eigenvalue weighted by molar-refractivity contribution is 0.112. The summed E-state index contributed by atoms with van der Waals surface area (Å²) >= 11 is 3.28. The van der Waals surface area contributed by atoms with Crippen molar-refractivity contribution in [1.29, 1.82) is 0 Å². The van der Waals surface area contributed by atoms with Gasteiger partial charge in [-0.15, -0.1) is 0 Å². The fraction of sp³-hybridized carbons (Fsp3) is 0. The Morgan fingerprint density at radius 1 is 1.21 bits per heavy atom. The largest absolute Gasteiger partial charge is 0.298 e. The summed E-state index contributed by atoms with van der Waals surface area (Å²) in [5.74, 6) is -0.304. The number of hydrogen-bond donors (Lipinski definition) is 0. The van der Waals surface area contributed by atoms with E-state index < -0.39 is 0 Å². The van der Waals surface area contributed by atoms with Gasteiger partial charge in [0.1, 0.15) is 5.82 Å². The molecule has 2 aromatic carbocycles. The molecule has 2 rings (SSSR count). The molecule has 0 aromatic heterocycles. The average Bonchev–Trinajstić information content (AvgIpc) is 2.20. The highest BCUT2D eigenvalue weighted by Crippen LogP contribution is 2.27. The first-order chi connectivity index (χ1) is 6.72. The number of rotatable bonds is 1. The monoisotopic (exact) mass is 252 g/mol. The summed E-state index contributed by atoms with van der Waals surface area (Å²) in [5, 5.41) is 1.62. The van der Waals surface area contributed by atoms with E-state index in [1.54, 1.807) is 18.2 Å². The summed E-state index contributed by atoms with van der Waals surface area (Å²) in [6.45, 7) is 0. The zero-order valence-corrected chi connectivity index (χ0v) is 8.71. The molecule has 0 amide bonds. The van der Waals surface area contributed by atoms with Crippen LogP contribution in [0.3, 0.4) is 0 Å². The van der Waals surface area contributed by atoms with Crippen molar-refractivity contribution in [3.63, 3.8) is 0 Å². The molecule has 70 valence electrons. The standard InChI is InChI=1S/C11H6BrFO/c12-11-8(6-14)2-1-7-3-4-9(13)5-10(7)11/h1-6H. The number of carbonyl (C=O) groups is 1. The lowest BCUT2D eigenvalue weighted by atomic mass is 10.1. The molecule has 0 aliphatic rings. The van der Waals surface area contributed by atoms with E-state index in [-0.39, 0.29) is 5.82 Å². The maximum atomic E-state index is 12.9. The molecule has 0 atom stereocenters. The van der Waals surface area contributed by atoms with Crippen LogP contribution >= 0.6 is 15.9 Å². The van der Waals surface area contributed by atoms with Gasteiger partial charge >= 0.3 is 0 Å². The first-order valence-electron chi connectivity index (χ1n) is 4.05. The normalized spacial score (nSPS) is 10.4. The molecule has 0 radical (unpaired) electrons. The SMILES string of the molecule is O=Cc1ccc2ccc(F)cc2c1Br. The minimum absolute atomic E-state index is 0.304. The lowest BCUT2D eigenvalue weighted by Crippen LogP contribution is -1.85. The maximum Gasteiger partial charge on any atom is 0.151 e. The van der Waals surface area contributed by atoms with Crippen LogP contribution in [-0.2, 0) is 0 Å². The van der Waals surface area contributed by atoms with Gasteiger partial charge in [-0.3, -0.25) is 4.79 Å². The van der Waals surface area contributed by atoms with E-state index in [2.05, 4.69) is 15.9 Å². The molecular formula is C11H6BrFO. The minimum atomic E-state index is -0.304. The topological polar surface area (TPSA) is 17.1 Å². The molecule has 0 fully saturated rings. The molecule has 0 saturated carbocycles. The summed E-state index contributed by atoms with van der Waals surface area (Å²) in [6, 6.07) is 7.99. The summed E-state index contributed by atoms with van der Waals surface area (Å²) in [7, 11) is 0. The van der Waals surface area contributed by atoms with Gasteiger partial charge in [0.2, 0.25) is 0 Å². The Bertz CT molecular complexity index is 508. The van der Waals surface area contributed by atoms with Gasteiger partial charge in [0.15, 0.2) is 6.29 Å². The smallest absolute Gasteiger partial charge is 0.151 e. The van der Waals surface area contributed by atoms with Crippen LogP contribution in [0.25, 0.3) is 10.8 Å². The lowest BCUT2D eigenvalue weighted by Gasteiger charge is -2.02. The fourth-order valence-corrected chi connectivity index (χ4v) is 1.93. The molecule has 0 aliphatic carbocycles. The van der Waals surface area contributed by atoms with Crippen LogP contribution in [0.2, 0.25) is 0 Å². The number of fused-ring (bicyclic) bond motifs is 1. The van der Waals surface area contributed by atoms with Gasteiger partial charge in [-0.2, -0.15) is 0 Å². The second-order valence-electron chi connectivity index (χ2n) is 2.95. The van der Waals surface area contributed by atoms with Gasteiger partial charge in [0.25, 0.3) is 0 Å². The summed E-state index contributed by atoms with van der Waals surface area (Å²) in [5.41, 5.74) is 0.531. The number of hydrogen-bond acceptors (Lipinski definition) is 1. The summed E-state index contributed by atoms with van der Waals surface area (Å²) in [6.07, 6.45) is 0.744. The Hall–Kier alpha value is -1.22. The zero-order valence-electron chi connectivity index (χ0n) is 7.13. The Balaban J connectivity index is 2.86. The third-order valence-corrected chi connectivity index (χ3v) is 2.96. The predicted octanol–water partition coefficient (Wildman–Crippen LogP) is 3.55. The average molecular weight is 253 g/mol. The van der Waals surface area contributed by atoms with Crippen LogP contribution in [0.5, 0.6) is 0 Å². The molecule has 0 unspecified atom stereocenters. The third kappa shape index (κ3) is 1.44.